The number of hydrogen-bond acceptors (Lipinski definition) is 3. The Balaban J connectivity index is 2.46. The van der Waals surface area contributed by atoms with Gasteiger partial charge in [-0.2, -0.15) is 12.6 Å². The quantitative estimate of drug-likeness (QED) is 0.523. The molecule has 1 heterocycles. The van der Waals surface area contributed by atoms with Gasteiger partial charge in [0.05, 0.1) is 13.2 Å². The number of ether oxygens (including phenoxy) is 1. The SMILES string of the molecule is CN1CCOCC(C)(S)C1. The van der Waals surface area contributed by atoms with Gasteiger partial charge in [0.1, 0.15) is 0 Å². The van der Waals surface area contributed by atoms with E-state index >= 15 is 0 Å². The highest BCUT2D eigenvalue weighted by Crippen LogP contribution is 2.17. The van der Waals surface area contributed by atoms with Crippen molar-refractivity contribution in [3.8, 4) is 0 Å². The molecule has 2 nitrogen and oxygen atoms in total. The molecule has 0 saturated carbocycles. The fraction of sp³-hybridized carbons (Fsp3) is 1.00. The second-order valence-corrected chi connectivity index (χ2v) is 4.37. The second-order valence-electron chi connectivity index (χ2n) is 3.29. The molecule has 0 spiro atoms. The molecule has 10 heavy (non-hydrogen) atoms. The highest BCUT2D eigenvalue weighted by atomic mass is 32.1. The maximum Gasteiger partial charge on any atom is 0.0621 e. The zero-order valence-corrected chi connectivity index (χ0v) is 7.53. The van der Waals surface area contributed by atoms with Crippen molar-refractivity contribution < 1.29 is 4.74 Å². The monoisotopic (exact) mass is 161 g/mol. The highest BCUT2D eigenvalue weighted by molar-refractivity contribution is 7.81. The number of thiol groups is 1. The molecule has 1 fully saturated rings. The molecule has 0 N–H and O–H groups in total. The third-order valence-electron chi connectivity index (χ3n) is 1.64. The van der Waals surface area contributed by atoms with Crippen molar-refractivity contribution >= 4 is 12.6 Å². The molecule has 0 aliphatic carbocycles. The summed E-state index contributed by atoms with van der Waals surface area (Å²) in [6.07, 6.45) is 0. The zero-order valence-electron chi connectivity index (χ0n) is 6.63. The average Bonchev–Trinajstić information content (AvgIpc) is 1.90. The van der Waals surface area contributed by atoms with E-state index < -0.39 is 0 Å². The van der Waals surface area contributed by atoms with Crippen LogP contribution < -0.4 is 0 Å². The van der Waals surface area contributed by atoms with E-state index in [1.54, 1.807) is 0 Å². The minimum atomic E-state index is 0.0330. The van der Waals surface area contributed by atoms with Crippen molar-refractivity contribution in [2.24, 2.45) is 0 Å². The van der Waals surface area contributed by atoms with Crippen LogP contribution in [0.3, 0.4) is 0 Å². The van der Waals surface area contributed by atoms with E-state index in [1.807, 2.05) is 0 Å². The van der Waals surface area contributed by atoms with Crippen molar-refractivity contribution in [2.75, 3.05) is 33.4 Å². The van der Waals surface area contributed by atoms with E-state index in [0.717, 1.165) is 26.3 Å². The van der Waals surface area contributed by atoms with Crippen LogP contribution >= 0.6 is 12.6 Å². The summed E-state index contributed by atoms with van der Waals surface area (Å²) in [6.45, 7) is 5.75. The third kappa shape index (κ3) is 2.48. The minimum absolute atomic E-state index is 0.0330. The van der Waals surface area contributed by atoms with Crippen molar-refractivity contribution in [1.29, 1.82) is 0 Å². The molecular weight excluding hydrogens is 146 g/mol. The predicted octanol–water partition coefficient (Wildman–Crippen LogP) is 0.637. The van der Waals surface area contributed by atoms with Crippen LogP contribution in [0.15, 0.2) is 0 Å². The number of likely N-dealkylation sites (N-methyl/N-ethyl adjacent to an activating group) is 1. The van der Waals surface area contributed by atoms with Crippen LogP contribution in [0.25, 0.3) is 0 Å². The van der Waals surface area contributed by atoms with Crippen LogP contribution in [-0.2, 0) is 4.74 Å². The van der Waals surface area contributed by atoms with Crippen LogP contribution in [0.1, 0.15) is 6.92 Å². The first-order chi connectivity index (χ1) is 4.60. The lowest BCUT2D eigenvalue weighted by atomic mass is 10.2. The molecule has 60 valence electrons. The van der Waals surface area contributed by atoms with Crippen molar-refractivity contribution in [3.05, 3.63) is 0 Å². The lowest BCUT2D eigenvalue weighted by Gasteiger charge is -2.24. The maximum absolute atomic E-state index is 5.36. The second kappa shape index (κ2) is 3.11. The maximum atomic E-state index is 5.36. The molecule has 0 bridgehead atoms. The molecule has 0 amide bonds. The van der Waals surface area contributed by atoms with Crippen LogP contribution in [-0.4, -0.2) is 43.0 Å². The topological polar surface area (TPSA) is 12.5 Å². The van der Waals surface area contributed by atoms with Gasteiger partial charge >= 0.3 is 0 Å². The first-order valence-electron chi connectivity index (χ1n) is 3.59. The van der Waals surface area contributed by atoms with E-state index in [2.05, 4.69) is 31.5 Å². The standard InChI is InChI=1S/C7H15NOS/c1-7(10)5-8(2)3-4-9-6-7/h10H,3-6H2,1-2H3. The smallest absolute Gasteiger partial charge is 0.0621 e. The van der Waals surface area contributed by atoms with Gasteiger partial charge in [-0.3, -0.25) is 0 Å². The van der Waals surface area contributed by atoms with Gasteiger partial charge in [0.15, 0.2) is 0 Å². The van der Waals surface area contributed by atoms with Gasteiger partial charge in [-0.1, -0.05) is 0 Å². The summed E-state index contributed by atoms with van der Waals surface area (Å²) in [7, 11) is 2.10. The van der Waals surface area contributed by atoms with Gasteiger partial charge in [0.25, 0.3) is 0 Å². The Hall–Kier alpha value is 0.270. The molecule has 1 saturated heterocycles. The third-order valence-corrected chi connectivity index (χ3v) is 1.91. The summed E-state index contributed by atoms with van der Waals surface area (Å²) in [4.78, 5) is 2.25. The van der Waals surface area contributed by atoms with Gasteiger partial charge in [0, 0.05) is 17.8 Å². The zero-order chi connectivity index (χ0) is 7.61. The summed E-state index contributed by atoms with van der Waals surface area (Å²) >= 11 is 4.48. The number of nitrogens with zero attached hydrogens (tertiary/aromatic N) is 1. The Morgan fingerprint density at radius 3 is 3.00 bits per heavy atom. The van der Waals surface area contributed by atoms with E-state index in [1.165, 1.54) is 0 Å². The van der Waals surface area contributed by atoms with E-state index in [4.69, 9.17) is 4.74 Å². The normalized spacial score (nSPS) is 37.5. The first-order valence-corrected chi connectivity index (χ1v) is 4.03. The Labute approximate surface area is 68.0 Å². The molecule has 1 unspecified atom stereocenters. The molecule has 1 aliphatic rings. The Bertz CT molecular complexity index is 116. The predicted molar refractivity (Wildman–Crippen MR) is 45.7 cm³/mol. The number of hydrogen-bond donors (Lipinski definition) is 1. The minimum Gasteiger partial charge on any atom is -0.379 e. The highest BCUT2D eigenvalue weighted by Gasteiger charge is 2.23. The molecule has 1 rings (SSSR count). The van der Waals surface area contributed by atoms with Gasteiger partial charge in [-0.05, 0) is 14.0 Å². The Kier molecular flexibility index (Phi) is 2.61. The summed E-state index contributed by atoms with van der Waals surface area (Å²) in [6, 6.07) is 0. The van der Waals surface area contributed by atoms with Crippen molar-refractivity contribution in [3.63, 3.8) is 0 Å². The van der Waals surface area contributed by atoms with Crippen LogP contribution in [0.4, 0.5) is 0 Å². The summed E-state index contributed by atoms with van der Waals surface area (Å²) in [5, 5.41) is 0. The molecular formula is C7H15NOS. The molecule has 3 heteroatoms. The fourth-order valence-corrected chi connectivity index (χ4v) is 1.55. The molecule has 0 aromatic carbocycles. The van der Waals surface area contributed by atoms with Gasteiger partial charge in [-0.25, -0.2) is 0 Å². The van der Waals surface area contributed by atoms with Crippen LogP contribution in [0.5, 0.6) is 0 Å². The Morgan fingerprint density at radius 1 is 1.60 bits per heavy atom. The Morgan fingerprint density at radius 2 is 2.30 bits per heavy atom. The molecule has 1 aliphatic heterocycles. The van der Waals surface area contributed by atoms with E-state index in [0.29, 0.717) is 0 Å². The van der Waals surface area contributed by atoms with Gasteiger partial charge in [-0.15, -0.1) is 0 Å². The number of rotatable bonds is 0. The molecule has 0 aromatic heterocycles. The summed E-state index contributed by atoms with van der Waals surface area (Å²) in [5.41, 5.74) is 0. The van der Waals surface area contributed by atoms with E-state index in [-0.39, 0.29) is 4.75 Å². The summed E-state index contributed by atoms with van der Waals surface area (Å²) < 4.78 is 5.40. The largest absolute Gasteiger partial charge is 0.379 e. The van der Waals surface area contributed by atoms with Gasteiger partial charge < -0.3 is 9.64 Å². The lowest BCUT2D eigenvalue weighted by Crippen LogP contribution is -2.35. The van der Waals surface area contributed by atoms with Crippen molar-refractivity contribution in [1.82, 2.24) is 4.90 Å². The van der Waals surface area contributed by atoms with Crippen molar-refractivity contribution in [2.45, 2.75) is 11.7 Å². The van der Waals surface area contributed by atoms with E-state index in [9.17, 15) is 0 Å². The van der Waals surface area contributed by atoms with Crippen LogP contribution in [0, 0.1) is 0 Å². The average molecular weight is 161 g/mol. The molecule has 0 aromatic rings. The summed E-state index contributed by atoms with van der Waals surface area (Å²) in [5.74, 6) is 0. The fourth-order valence-electron chi connectivity index (χ4n) is 1.22. The molecule has 1 atom stereocenters. The molecule has 0 radical (unpaired) electrons. The lowest BCUT2D eigenvalue weighted by molar-refractivity contribution is 0.134. The first kappa shape index (κ1) is 8.37. The van der Waals surface area contributed by atoms with Gasteiger partial charge in [0.2, 0.25) is 0 Å². The van der Waals surface area contributed by atoms with Crippen LogP contribution in [0.2, 0.25) is 0 Å².